The molecule has 4 heteroatoms. The van der Waals surface area contributed by atoms with Gasteiger partial charge in [0, 0.05) is 0 Å². The van der Waals surface area contributed by atoms with Crippen LogP contribution < -0.4 is 0 Å². The van der Waals surface area contributed by atoms with Gasteiger partial charge in [-0.3, -0.25) is 0 Å². The molecule has 4 fully saturated rings. The maximum Gasteiger partial charge on any atom is 0.295 e. The molecule has 0 aliphatic heterocycles. The summed E-state index contributed by atoms with van der Waals surface area (Å²) < 4.78 is 0. The maximum atomic E-state index is 10.6. The van der Waals surface area contributed by atoms with E-state index in [0.29, 0.717) is 17.3 Å². The SMILES string of the molecule is CC12C[C@H]3C[C@@H](C1)CC(O[N+](=O)[O-])(C3)C2. The van der Waals surface area contributed by atoms with E-state index in [2.05, 4.69) is 6.92 Å². The first-order valence-electron chi connectivity index (χ1n) is 5.82. The standard InChI is InChI=1S/C11H17NO3/c1-10-3-8-2-9(4-10)6-11(5-8,7-10)15-12(13)14/h8-9H,2-7H2,1H3/t8-,9+,10?,11?. The molecule has 4 aliphatic rings. The van der Waals surface area contributed by atoms with E-state index in [-0.39, 0.29) is 0 Å². The van der Waals surface area contributed by atoms with Crippen molar-refractivity contribution in [2.24, 2.45) is 17.3 Å². The lowest BCUT2D eigenvalue weighted by molar-refractivity contribution is -0.785. The van der Waals surface area contributed by atoms with Gasteiger partial charge in [0.2, 0.25) is 0 Å². The predicted octanol–water partition coefficient (Wildman–Crippen LogP) is 2.55. The first-order chi connectivity index (χ1) is 6.99. The molecule has 0 heterocycles. The second kappa shape index (κ2) is 2.66. The maximum absolute atomic E-state index is 10.6. The van der Waals surface area contributed by atoms with Crippen LogP contribution in [0.3, 0.4) is 0 Å². The highest BCUT2D eigenvalue weighted by molar-refractivity contribution is 5.07. The van der Waals surface area contributed by atoms with Gasteiger partial charge >= 0.3 is 0 Å². The third kappa shape index (κ3) is 1.42. The van der Waals surface area contributed by atoms with E-state index in [4.69, 9.17) is 4.84 Å². The van der Waals surface area contributed by atoms with Crippen LogP contribution in [0.15, 0.2) is 0 Å². The molecule has 4 bridgehead atoms. The van der Waals surface area contributed by atoms with E-state index in [9.17, 15) is 10.1 Å². The number of rotatable bonds is 2. The van der Waals surface area contributed by atoms with Gasteiger partial charge in [0.15, 0.2) is 0 Å². The summed E-state index contributed by atoms with van der Waals surface area (Å²) in [7, 11) is 0. The second-order valence-electron chi connectivity index (χ2n) is 6.27. The summed E-state index contributed by atoms with van der Waals surface area (Å²) in [6.45, 7) is 2.28. The van der Waals surface area contributed by atoms with Gasteiger partial charge in [-0.1, -0.05) is 6.92 Å². The monoisotopic (exact) mass is 211 g/mol. The normalized spacial score (nSPS) is 51.8. The van der Waals surface area contributed by atoms with Gasteiger partial charge in [-0.15, -0.1) is 10.1 Å². The van der Waals surface area contributed by atoms with Crippen LogP contribution in [0.5, 0.6) is 0 Å². The Morgan fingerprint density at radius 1 is 1.27 bits per heavy atom. The van der Waals surface area contributed by atoms with E-state index in [1.54, 1.807) is 0 Å². The number of hydrogen-bond acceptors (Lipinski definition) is 3. The van der Waals surface area contributed by atoms with Crippen LogP contribution in [0, 0.1) is 27.4 Å². The molecule has 0 aromatic carbocycles. The van der Waals surface area contributed by atoms with Gasteiger partial charge in [-0.25, -0.2) is 0 Å². The topological polar surface area (TPSA) is 52.4 Å². The van der Waals surface area contributed by atoms with Gasteiger partial charge < -0.3 is 4.84 Å². The van der Waals surface area contributed by atoms with Crippen LogP contribution in [0.4, 0.5) is 0 Å². The molecular formula is C11H17NO3. The van der Waals surface area contributed by atoms with Gasteiger partial charge in [-0.05, 0) is 55.8 Å². The lowest BCUT2D eigenvalue weighted by Crippen LogP contribution is -2.56. The summed E-state index contributed by atoms with van der Waals surface area (Å²) >= 11 is 0. The largest absolute Gasteiger partial charge is 0.307 e. The van der Waals surface area contributed by atoms with E-state index in [1.807, 2.05) is 0 Å². The Morgan fingerprint density at radius 3 is 2.33 bits per heavy atom. The zero-order chi connectivity index (χ0) is 10.7. The van der Waals surface area contributed by atoms with Crippen molar-refractivity contribution < 1.29 is 9.92 Å². The molecule has 0 saturated heterocycles. The van der Waals surface area contributed by atoms with Gasteiger partial charge in [0.1, 0.15) is 5.60 Å². The van der Waals surface area contributed by atoms with Crippen molar-refractivity contribution in [3.05, 3.63) is 10.1 Å². The highest BCUT2D eigenvalue weighted by Crippen LogP contribution is 2.62. The zero-order valence-electron chi connectivity index (χ0n) is 9.07. The summed E-state index contributed by atoms with van der Waals surface area (Å²) in [5, 5.41) is 10.00. The van der Waals surface area contributed by atoms with Crippen LogP contribution in [0.2, 0.25) is 0 Å². The fourth-order valence-corrected chi connectivity index (χ4v) is 4.89. The third-order valence-electron chi connectivity index (χ3n) is 4.57. The summed E-state index contributed by atoms with van der Waals surface area (Å²) in [4.78, 5) is 15.6. The zero-order valence-corrected chi connectivity index (χ0v) is 9.07. The third-order valence-corrected chi connectivity index (χ3v) is 4.57. The molecule has 4 atom stereocenters. The van der Waals surface area contributed by atoms with Crippen molar-refractivity contribution in [2.75, 3.05) is 0 Å². The van der Waals surface area contributed by atoms with Crippen LogP contribution in [0.25, 0.3) is 0 Å². The Kier molecular flexibility index (Phi) is 1.67. The van der Waals surface area contributed by atoms with E-state index in [1.165, 1.54) is 19.3 Å². The Bertz CT molecular complexity index is 301. The summed E-state index contributed by atoms with van der Waals surface area (Å²) in [6, 6.07) is 0. The minimum Gasteiger partial charge on any atom is -0.307 e. The van der Waals surface area contributed by atoms with Crippen molar-refractivity contribution in [1.29, 1.82) is 0 Å². The highest BCUT2D eigenvalue weighted by atomic mass is 17.0. The van der Waals surface area contributed by atoms with Gasteiger partial charge in [0.05, 0.1) is 0 Å². The summed E-state index contributed by atoms with van der Waals surface area (Å²) in [5.74, 6) is 1.35. The molecule has 0 radical (unpaired) electrons. The minimum absolute atomic E-state index is 0.320. The van der Waals surface area contributed by atoms with Crippen LogP contribution in [0.1, 0.15) is 45.4 Å². The van der Waals surface area contributed by atoms with Crippen LogP contribution in [-0.4, -0.2) is 10.7 Å². The van der Waals surface area contributed by atoms with Gasteiger partial charge in [0.25, 0.3) is 5.09 Å². The van der Waals surface area contributed by atoms with Crippen molar-refractivity contribution >= 4 is 0 Å². The smallest absolute Gasteiger partial charge is 0.295 e. The van der Waals surface area contributed by atoms with E-state index >= 15 is 0 Å². The summed E-state index contributed by atoms with van der Waals surface area (Å²) in [6.07, 6.45) is 6.52. The quantitative estimate of drug-likeness (QED) is 0.521. The van der Waals surface area contributed by atoms with Crippen molar-refractivity contribution in [3.8, 4) is 0 Å². The predicted molar refractivity (Wildman–Crippen MR) is 53.6 cm³/mol. The molecule has 4 nitrogen and oxygen atoms in total. The molecule has 2 unspecified atom stereocenters. The molecule has 84 valence electrons. The average molecular weight is 211 g/mol. The molecule has 0 spiro atoms. The summed E-state index contributed by atoms with van der Waals surface area (Å²) in [5.41, 5.74) is -0.0948. The van der Waals surface area contributed by atoms with Crippen molar-refractivity contribution in [3.63, 3.8) is 0 Å². The van der Waals surface area contributed by atoms with Crippen LogP contribution in [-0.2, 0) is 4.84 Å². The minimum atomic E-state index is -0.573. The van der Waals surface area contributed by atoms with Gasteiger partial charge in [-0.2, -0.15) is 0 Å². The number of hydrogen-bond donors (Lipinski definition) is 0. The van der Waals surface area contributed by atoms with Crippen molar-refractivity contribution in [1.82, 2.24) is 0 Å². The average Bonchev–Trinajstić information content (AvgIpc) is 1.94. The van der Waals surface area contributed by atoms with E-state index < -0.39 is 10.7 Å². The molecule has 0 N–H and O–H groups in total. The Morgan fingerprint density at radius 2 is 1.87 bits per heavy atom. The molecular weight excluding hydrogens is 194 g/mol. The lowest BCUT2D eigenvalue weighted by atomic mass is 9.48. The molecule has 4 rings (SSSR count). The van der Waals surface area contributed by atoms with E-state index in [0.717, 1.165) is 19.3 Å². The lowest BCUT2D eigenvalue weighted by Gasteiger charge is -2.59. The number of nitrogens with zero attached hydrogens (tertiary/aromatic N) is 1. The van der Waals surface area contributed by atoms with Crippen molar-refractivity contribution in [2.45, 2.75) is 51.0 Å². The molecule has 0 amide bonds. The fourth-order valence-electron chi connectivity index (χ4n) is 4.89. The molecule has 4 aliphatic carbocycles. The Balaban J connectivity index is 1.89. The molecule has 15 heavy (non-hydrogen) atoms. The van der Waals surface area contributed by atoms with Crippen LogP contribution >= 0.6 is 0 Å². The highest BCUT2D eigenvalue weighted by Gasteiger charge is 2.57. The molecule has 0 aromatic rings. The second-order valence-corrected chi connectivity index (χ2v) is 6.27. The Labute approximate surface area is 89.1 Å². The first kappa shape index (κ1) is 9.43. The molecule has 4 saturated carbocycles. The fraction of sp³-hybridized carbons (Fsp3) is 1.00. The first-order valence-corrected chi connectivity index (χ1v) is 5.82. The molecule has 0 aromatic heterocycles. The Hall–Kier alpha value is -0.800.